The maximum absolute atomic E-state index is 14.4. The molecule has 416 valence electrons. The molecule has 4 N–H and O–H groups in total. The smallest absolute Gasteiger partial charge is 0.431 e. The van der Waals surface area contributed by atoms with Crippen LogP contribution in [0.4, 0.5) is 15.3 Å². The zero-order valence-electron chi connectivity index (χ0n) is 43.1. The number of methoxy groups -OCH3 is 2. The van der Waals surface area contributed by atoms with Crippen LogP contribution in [0.5, 0.6) is 17.2 Å². The van der Waals surface area contributed by atoms with E-state index in [1.165, 1.54) is 42.3 Å². The lowest BCUT2D eigenvalue weighted by Crippen LogP contribution is -2.64. The van der Waals surface area contributed by atoms with Crippen molar-refractivity contribution in [2.75, 3.05) is 58.6 Å². The first kappa shape index (κ1) is 59.1. The van der Waals surface area contributed by atoms with E-state index in [-0.39, 0.29) is 98.4 Å². The van der Waals surface area contributed by atoms with Gasteiger partial charge in [-0.25, -0.2) is 19.3 Å². The Labute approximate surface area is 435 Å². The van der Waals surface area contributed by atoms with Gasteiger partial charge in [0.15, 0.2) is 36.0 Å². The largest absolute Gasteiger partial charge is 0.493 e. The first-order chi connectivity index (χ1) is 35.9. The molecule has 5 rings (SSSR count). The number of amides is 4. The average molecular weight is 1080 g/mol. The van der Waals surface area contributed by atoms with Gasteiger partial charge >= 0.3 is 42.0 Å². The monoisotopic (exact) mass is 1070 g/mol. The number of carboxylic acids is 1. The van der Waals surface area contributed by atoms with Crippen LogP contribution in [0.3, 0.4) is 0 Å². The SMILES string of the molecule is C=C1C[C@H]2C(O)N(C(=O)OCc3ccc(O[C@@H]4O[C@H](C(=O)OC)[C@@H](OC(C)=O)[C@H](OC(C)=O)[C@H]4OC(C)=O)c(C(=O)NCCOCCONC(=O)OC(C)(C)C)c3)c3cc(OCCCC(=O)O)c(OC)cc3C(=O)N2C1. The summed E-state index contributed by atoms with van der Waals surface area (Å²) in [6.45, 7) is 11.0. The molecule has 3 heterocycles. The Kier molecular flexibility index (Phi) is 20.7. The fraction of sp³-hybridized carbons (Fsp3) is 0.531. The topological polar surface area (TPSA) is 335 Å². The van der Waals surface area contributed by atoms with Gasteiger partial charge in [-0.2, -0.15) is 5.48 Å². The summed E-state index contributed by atoms with van der Waals surface area (Å²) in [4.78, 5) is 123. The highest BCUT2D eigenvalue weighted by Gasteiger charge is 2.56. The quantitative estimate of drug-likeness (QED) is 0.0432. The number of nitrogens with zero attached hydrogens (tertiary/aromatic N) is 2. The molecule has 2 aromatic carbocycles. The number of fused-ring (bicyclic) bond motifs is 2. The van der Waals surface area contributed by atoms with Crippen LogP contribution in [0.2, 0.25) is 0 Å². The number of nitrogens with one attached hydrogen (secondary N) is 2. The number of carbonyl (C=O) groups is 9. The summed E-state index contributed by atoms with van der Waals surface area (Å²) < 4.78 is 60.9. The second-order valence-electron chi connectivity index (χ2n) is 18.1. The molecule has 2 saturated heterocycles. The highest BCUT2D eigenvalue weighted by atomic mass is 16.7. The number of carboxylic acid groups (broad SMARTS) is 1. The molecule has 0 spiro atoms. The van der Waals surface area contributed by atoms with Crippen LogP contribution < -0.4 is 29.9 Å². The molecule has 27 nitrogen and oxygen atoms in total. The van der Waals surface area contributed by atoms with Crippen LogP contribution >= 0.6 is 0 Å². The minimum atomic E-state index is -1.89. The van der Waals surface area contributed by atoms with Crippen LogP contribution in [0.1, 0.15) is 87.1 Å². The number of esters is 4. The molecular formula is C49H62N4O23. The van der Waals surface area contributed by atoms with E-state index >= 15 is 0 Å². The van der Waals surface area contributed by atoms with Gasteiger partial charge in [0, 0.05) is 46.3 Å². The van der Waals surface area contributed by atoms with Crippen molar-refractivity contribution >= 4 is 59.5 Å². The van der Waals surface area contributed by atoms with Crippen LogP contribution in [0.15, 0.2) is 42.5 Å². The number of carbonyl (C=O) groups excluding carboxylic acids is 8. The Balaban J connectivity index is 1.46. The summed E-state index contributed by atoms with van der Waals surface area (Å²) in [7, 11) is 2.32. The number of aliphatic hydroxyl groups is 1. The predicted octanol–water partition coefficient (Wildman–Crippen LogP) is 2.46. The molecule has 1 unspecified atom stereocenters. The van der Waals surface area contributed by atoms with Crippen LogP contribution in [0.25, 0.3) is 0 Å². The van der Waals surface area contributed by atoms with Gasteiger partial charge in [0.1, 0.15) is 18.0 Å². The Morgan fingerprint density at radius 2 is 1.54 bits per heavy atom. The molecule has 76 heavy (non-hydrogen) atoms. The van der Waals surface area contributed by atoms with Gasteiger partial charge in [0.05, 0.1) is 63.5 Å². The lowest BCUT2D eigenvalue weighted by molar-refractivity contribution is -0.282. The second-order valence-corrected chi connectivity index (χ2v) is 18.1. The van der Waals surface area contributed by atoms with E-state index in [2.05, 4.69) is 17.4 Å². The molecule has 0 bridgehead atoms. The molecule has 0 aliphatic carbocycles. The van der Waals surface area contributed by atoms with Crippen LogP contribution in [0, 0.1) is 0 Å². The molecule has 4 amide bonds. The summed E-state index contributed by atoms with van der Waals surface area (Å²) in [5.41, 5.74) is 1.60. The second kappa shape index (κ2) is 26.6. The Morgan fingerprint density at radius 3 is 2.18 bits per heavy atom. The van der Waals surface area contributed by atoms with Gasteiger partial charge in [-0.1, -0.05) is 18.2 Å². The van der Waals surface area contributed by atoms with Crippen molar-refractivity contribution in [1.82, 2.24) is 15.7 Å². The molecule has 2 fully saturated rings. The molecule has 3 aliphatic heterocycles. The summed E-state index contributed by atoms with van der Waals surface area (Å²) in [5, 5.41) is 23.7. The first-order valence-corrected chi connectivity index (χ1v) is 23.6. The number of hydrogen-bond acceptors (Lipinski definition) is 22. The molecule has 27 heteroatoms. The number of ether oxygens (including phenoxy) is 11. The average Bonchev–Trinajstić information content (AvgIpc) is 3.72. The third-order valence-corrected chi connectivity index (χ3v) is 11.1. The van der Waals surface area contributed by atoms with Gasteiger partial charge < -0.3 is 72.5 Å². The van der Waals surface area contributed by atoms with E-state index < -0.39 is 109 Å². The van der Waals surface area contributed by atoms with Crippen molar-refractivity contribution in [3.63, 3.8) is 0 Å². The highest BCUT2D eigenvalue weighted by molar-refractivity contribution is 6.06. The standard InChI is InChI=1S/C49H62N4O23/c1-25-19-33-44(61)53(32-22-36(68-15-10-11-37(57)58)35(65-8)21-30(32)43(60)52(33)23-25)48(64)69-24-29-12-13-34(31(20-29)42(59)50-14-16-67-17-18-70-51-47(63)76-49(5,6)7)74-46-41(73-28(4)56)39(72-27(3)55)38(71-26(2)54)40(75-46)45(62)66-9/h12-13,20-22,33,38-41,44,46,61H,1,10-11,14-19,23-24H2,2-9H3,(H,50,59)(H,51,63)(H,57,58)/t33-,38-,39-,40-,41+,44?,46+/m0/s1. The summed E-state index contributed by atoms with van der Waals surface area (Å²) in [6.07, 6.45) is -12.6. The van der Waals surface area contributed by atoms with E-state index in [4.69, 9.17) is 62.0 Å². The zero-order valence-corrected chi connectivity index (χ0v) is 43.1. The van der Waals surface area contributed by atoms with Gasteiger partial charge in [-0.15, -0.1) is 0 Å². The predicted molar refractivity (Wildman–Crippen MR) is 255 cm³/mol. The number of hydrogen-bond donors (Lipinski definition) is 4. The van der Waals surface area contributed by atoms with Gasteiger partial charge in [0.25, 0.3) is 11.8 Å². The third kappa shape index (κ3) is 15.9. The Bertz CT molecular complexity index is 2510. The Morgan fingerprint density at radius 1 is 0.855 bits per heavy atom. The van der Waals surface area contributed by atoms with Crippen molar-refractivity contribution in [2.24, 2.45) is 0 Å². The fourth-order valence-corrected chi connectivity index (χ4v) is 8.00. The highest BCUT2D eigenvalue weighted by Crippen LogP contribution is 2.42. The number of anilines is 1. The number of aliphatic carboxylic acids is 1. The van der Waals surface area contributed by atoms with Crippen LogP contribution in [-0.4, -0.2) is 171 Å². The maximum Gasteiger partial charge on any atom is 0.431 e. The van der Waals surface area contributed by atoms with Crippen molar-refractivity contribution in [3.8, 4) is 17.2 Å². The lowest BCUT2D eigenvalue weighted by atomic mass is 9.97. The first-order valence-electron chi connectivity index (χ1n) is 23.6. The molecular weight excluding hydrogens is 1010 g/mol. The fourth-order valence-electron chi connectivity index (χ4n) is 8.00. The van der Waals surface area contributed by atoms with E-state index in [0.717, 1.165) is 32.8 Å². The minimum absolute atomic E-state index is 0.0213. The van der Waals surface area contributed by atoms with E-state index in [9.17, 15) is 48.3 Å². The lowest BCUT2D eigenvalue weighted by Gasteiger charge is -2.43. The molecule has 7 atom stereocenters. The maximum atomic E-state index is 14.4. The number of rotatable bonds is 22. The van der Waals surface area contributed by atoms with Crippen molar-refractivity contribution in [3.05, 3.63) is 59.2 Å². The van der Waals surface area contributed by atoms with Crippen molar-refractivity contribution < 1.29 is 110 Å². The minimum Gasteiger partial charge on any atom is -0.493 e. The van der Waals surface area contributed by atoms with Gasteiger partial charge in [-0.05, 0) is 57.4 Å². The third-order valence-electron chi connectivity index (χ3n) is 11.1. The van der Waals surface area contributed by atoms with E-state index in [1.807, 2.05) is 0 Å². The molecule has 3 aliphatic rings. The van der Waals surface area contributed by atoms with Gasteiger partial charge in [-0.3, -0.25) is 33.6 Å². The molecule has 2 aromatic rings. The van der Waals surface area contributed by atoms with Crippen LogP contribution in [-0.2, 0) is 73.3 Å². The summed E-state index contributed by atoms with van der Waals surface area (Å²) in [5.74, 6) is -6.64. The molecule has 0 aromatic heterocycles. The number of aliphatic hydroxyl groups excluding tert-OH is 1. The number of benzene rings is 2. The zero-order chi connectivity index (χ0) is 56.0. The number of hydroxylamine groups is 1. The van der Waals surface area contributed by atoms with E-state index in [1.54, 1.807) is 20.8 Å². The van der Waals surface area contributed by atoms with Crippen molar-refractivity contribution in [2.45, 2.75) is 116 Å². The summed E-state index contributed by atoms with van der Waals surface area (Å²) >= 11 is 0. The van der Waals surface area contributed by atoms with E-state index in [0.29, 0.717) is 5.57 Å². The molecule has 0 radical (unpaired) electrons. The van der Waals surface area contributed by atoms with Gasteiger partial charge in [0.2, 0.25) is 12.4 Å². The summed E-state index contributed by atoms with van der Waals surface area (Å²) in [6, 6.07) is 5.49. The normalized spacial score (nSPS) is 20.9. The molecule has 0 saturated carbocycles. The van der Waals surface area contributed by atoms with Crippen molar-refractivity contribution in [1.29, 1.82) is 0 Å². The Hall–Kier alpha value is -7.75.